The molecule has 2 heterocycles. The fourth-order valence-corrected chi connectivity index (χ4v) is 7.68. The zero-order chi connectivity index (χ0) is 30.7. The lowest BCUT2D eigenvalue weighted by molar-refractivity contribution is 0.632. The van der Waals surface area contributed by atoms with Crippen LogP contribution in [0.2, 0.25) is 0 Å². The number of hydrogen-bond acceptors (Lipinski definition) is 3. The normalized spacial score (nSPS) is 13.6. The molecule has 0 radical (unpaired) electrons. The quantitative estimate of drug-likeness (QED) is 0.204. The van der Waals surface area contributed by atoms with Crippen LogP contribution in [-0.4, -0.2) is 6.71 Å². The van der Waals surface area contributed by atoms with E-state index in [9.17, 15) is 10.5 Å². The van der Waals surface area contributed by atoms with Gasteiger partial charge in [0, 0.05) is 16.5 Å². The van der Waals surface area contributed by atoms with E-state index >= 15 is 0 Å². The van der Waals surface area contributed by atoms with Gasteiger partial charge in [0.2, 0.25) is 6.71 Å². The van der Waals surface area contributed by atoms with Gasteiger partial charge in [0.1, 0.15) is 6.07 Å². The summed E-state index contributed by atoms with van der Waals surface area (Å²) in [6.45, 7) is 4.41. The summed E-state index contributed by atoms with van der Waals surface area (Å²) >= 11 is 0. The fraction of sp³-hybridized carbons (Fsp3) is 0.0732. The van der Waals surface area contributed by atoms with Crippen LogP contribution in [0.15, 0.2) is 133 Å². The molecule has 45 heavy (non-hydrogen) atoms. The molecule has 0 N–H and O–H groups in total. The highest BCUT2D eigenvalue weighted by Crippen LogP contribution is 2.53. The lowest BCUT2D eigenvalue weighted by Crippen LogP contribution is -2.51. The summed E-state index contributed by atoms with van der Waals surface area (Å²) in [5, 5.41) is 21.2. The molecular weight excluding hydrogens is 545 g/mol. The minimum absolute atomic E-state index is 0.123. The van der Waals surface area contributed by atoms with Crippen LogP contribution in [0, 0.1) is 22.7 Å². The summed E-state index contributed by atoms with van der Waals surface area (Å²) < 4.78 is 0. The molecule has 0 unspecified atom stereocenters. The summed E-state index contributed by atoms with van der Waals surface area (Å²) in [7, 11) is 0. The Bertz CT molecular complexity index is 2160. The molecule has 0 bridgehead atoms. The molecule has 0 spiro atoms. The van der Waals surface area contributed by atoms with Crippen molar-refractivity contribution in [3.63, 3.8) is 0 Å². The van der Waals surface area contributed by atoms with Gasteiger partial charge >= 0.3 is 0 Å². The third-order valence-corrected chi connectivity index (χ3v) is 9.66. The Kier molecular flexibility index (Phi) is 6.02. The number of hydrogen-bond donors (Lipinski definition) is 0. The lowest BCUT2D eigenvalue weighted by atomic mass is 9.37. The van der Waals surface area contributed by atoms with E-state index in [1.54, 1.807) is 0 Å². The topological polar surface area (TPSA) is 50.8 Å². The third kappa shape index (κ3) is 3.83. The Balaban J connectivity index is 1.46. The van der Waals surface area contributed by atoms with Crippen molar-refractivity contribution in [3.8, 4) is 34.4 Å². The van der Waals surface area contributed by atoms with Crippen molar-refractivity contribution in [2.75, 3.05) is 4.90 Å². The van der Waals surface area contributed by atoms with Crippen LogP contribution < -0.4 is 21.3 Å². The van der Waals surface area contributed by atoms with Gasteiger partial charge in [0.15, 0.2) is 0 Å². The molecule has 2 aliphatic rings. The van der Waals surface area contributed by atoms with E-state index < -0.39 is 0 Å². The minimum Gasteiger partial charge on any atom is -0.308 e. The van der Waals surface area contributed by atoms with Crippen molar-refractivity contribution in [1.82, 2.24) is 0 Å². The van der Waals surface area contributed by atoms with E-state index in [2.05, 4.69) is 140 Å². The van der Waals surface area contributed by atoms with Crippen LogP contribution in [0.1, 0.15) is 36.1 Å². The first-order valence-corrected chi connectivity index (χ1v) is 15.3. The highest BCUT2D eigenvalue weighted by molar-refractivity contribution is 7.00. The van der Waals surface area contributed by atoms with E-state index in [0.717, 1.165) is 33.7 Å². The number of nitriles is 2. The molecule has 3 nitrogen and oxygen atoms in total. The van der Waals surface area contributed by atoms with Crippen LogP contribution in [0.3, 0.4) is 0 Å². The van der Waals surface area contributed by atoms with Crippen molar-refractivity contribution in [2.24, 2.45) is 0 Å². The monoisotopic (exact) mass is 573 g/mol. The molecule has 0 amide bonds. The van der Waals surface area contributed by atoms with E-state index in [1.807, 2.05) is 24.3 Å². The van der Waals surface area contributed by atoms with Gasteiger partial charge < -0.3 is 4.90 Å². The van der Waals surface area contributed by atoms with Gasteiger partial charge in [-0.2, -0.15) is 10.5 Å². The fourth-order valence-electron chi connectivity index (χ4n) is 7.68. The Morgan fingerprint density at radius 3 is 1.56 bits per heavy atom. The lowest BCUT2D eigenvalue weighted by Gasteiger charge is -2.42. The number of rotatable bonds is 3. The van der Waals surface area contributed by atoms with Crippen LogP contribution in [0.25, 0.3) is 22.3 Å². The number of para-hydroxylation sites is 3. The van der Waals surface area contributed by atoms with E-state index in [4.69, 9.17) is 0 Å². The molecule has 6 aromatic carbocycles. The van der Waals surface area contributed by atoms with Crippen molar-refractivity contribution >= 4 is 40.2 Å². The zero-order valence-electron chi connectivity index (χ0n) is 25.1. The predicted molar refractivity (Wildman–Crippen MR) is 185 cm³/mol. The second-order valence-corrected chi connectivity index (χ2v) is 12.3. The summed E-state index contributed by atoms with van der Waals surface area (Å²) in [5.74, 6) is 0. The molecule has 0 saturated heterocycles. The van der Waals surface area contributed by atoms with E-state index in [0.29, 0.717) is 11.1 Å². The first-order chi connectivity index (χ1) is 22.0. The molecule has 0 aromatic heterocycles. The number of benzene rings is 6. The third-order valence-electron chi connectivity index (χ3n) is 9.66. The Labute approximate surface area is 264 Å². The average molecular weight is 574 g/mol. The van der Waals surface area contributed by atoms with Gasteiger partial charge in [-0.1, -0.05) is 134 Å². The minimum atomic E-state index is -0.228. The second kappa shape index (κ2) is 10.1. The largest absolute Gasteiger partial charge is 0.308 e. The van der Waals surface area contributed by atoms with Gasteiger partial charge in [0.25, 0.3) is 0 Å². The zero-order valence-corrected chi connectivity index (χ0v) is 25.1. The van der Waals surface area contributed by atoms with Gasteiger partial charge in [-0.15, -0.1) is 0 Å². The Morgan fingerprint density at radius 2 is 0.978 bits per heavy atom. The molecule has 0 aliphatic carbocycles. The van der Waals surface area contributed by atoms with E-state index in [1.165, 1.54) is 33.2 Å². The molecule has 0 fully saturated rings. The maximum absolute atomic E-state index is 10.6. The first kappa shape index (κ1) is 26.8. The molecule has 0 saturated carbocycles. The summed E-state index contributed by atoms with van der Waals surface area (Å²) in [6, 6.07) is 51.1. The van der Waals surface area contributed by atoms with Crippen LogP contribution in [0.4, 0.5) is 17.1 Å². The highest BCUT2D eigenvalue weighted by Gasteiger charge is 2.40. The Morgan fingerprint density at radius 1 is 0.511 bits per heavy atom. The number of fused-ring (bicyclic) bond motifs is 5. The van der Waals surface area contributed by atoms with Crippen LogP contribution >= 0.6 is 0 Å². The van der Waals surface area contributed by atoms with Crippen molar-refractivity contribution in [3.05, 3.63) is 156 Å². The van der Waals surface area contributed by atoms with Crippen LogP contribution in [-0.2, 0) is 5.41 Å². The SMILES string of the molecule is CC1(C)c2ccccc2N(c2c(C#N)cccc2-c2cccc(C#N)c2B2c3ccccc3-c3ccccc32)c2ccccc21. The molecule has 8 rings (SSSR count). The van der Waals surface area contributed by atoms with E-state index in [-0.39, 0.29) is 12.1 Å². The van der Waals surface area contributed by atoms with Crippen LogP contribution in [0.5, 0.6) is 0 Å². The smallest absolute Gasteiger partial charge is 0.245 e. The van der Waals surface area contributed by atoms with Crippen molar-refractivity contribution < 1.29 is 0 Å². The van der Waals surface area contributed by atoms with Gasteiger partial charge in [0.05, 0.1) is 28.7 Å². The predicted octanol–water partition coefficient (Wildman–Crippen LogP) is 7.70. The highest BCUT2D eigenvalue weighted by atomic mass is 15.2. The maximum atomic E-state index is 10.6. The molecule has 210 valence electrons. The second-order valence-electron chi connectivity index (χ2n) is 12.3. The summed E-state index contributed by atoms with van der Waals surface area (Å²) in [4.78, 5) is 2.27. The average Bonchev–Trinajstić information content (AvgIpc) is 3.42. The molecule has 6 aromatic rings. The first-order valence-electron chi connectivity index (χ1n) is 15.3. The van der Waals surface area contributed by atoms with Crippen molar-refractivity contribution in [1.29, 1.82) is 10.5 Å². The Hall–Kier alpha value is -5.84. The number of nitrogens with zero attached hydrogens (tertiary/aromatic N) is 3. The van der Waals surface area contributed by atoms with Gasteiger partial charge in [-0.25, -0.2) is 0 Å². The molecule has 4 heteroatoms. The maximum Gasteiger partial charge on any atom is 0.245 e. The number of anilines is 3. The molecular formula is C41H28BN3. The standard InChI is InChI=1S/C41H28BN3/c1-41(2)33-19-5-9-23-37(33)45(38-24-10-6-20-34(38)41)40-28(26-44)14-12-18-32(40)31-17-11-13-27(25-43)39(31)42-35-21-7-3-15-29(35)30-16-4-8-22-36(30)42/h3-24H,1-2H3. The van der Waals surface area contributed by atoms with Crippen molar-refractivity contribution in [2.45, 2.75) is 19.3 Å². The molecule has 2 aliphatic heterocycles. The van der Waals surface area contributed by atoms with Gasteiger partial charge in [-0.3, -0.25) is 0 Å². The van der Waals surface area contributed by atoms with Gasteiger partial charge in [-0.05, 0) is 57.5 Å². The summed E-state index contributed by atoms with van der Waals surface area (Å²) in [5.41, 5.74) is 14.0. The molecule has 0 atom stereocenters. The summed E-state index contributed by atoms with van der Waals surface area (Å²) in [6.07, 6.45) is 0.